The number of nitrogens with zero attached hydrogens (tertiary/aromatic N) is 2. The molecule has 0 unspecified atom stereocenters. The number of nitro groups is 1. The number of nitrogens with one attached hydrogen (secondary N) is 1. The van der Waals surface area contributed by atoms with Crippen molar-refractivity contribution in [3.8, 4) is 5.75 Å². The topological polar surface area (TPSA) is 119 Å². The first-order valence-corrected chi connectivity index (χ1v) is 11.3. The smallest absolute Gasteiger partial charge is 0.271 e. The fraction of sp³-hybridized carbons (Fsp3) is 0.381. The van der Waals surface area contributed by atoms with Gasteiger partial charge in [-0.15, -0.1) is 0 Å². The molecule has 0 bridgehead atoms. The van der Waals surface area contributed by atoms with Gasteiger partial charge in [-0.3, -0.25) is 14.9 Å². The molecule has 10 heteroatoms. The molecule has 0 saturated carbocycles. The number of aryl methyl sites for hydroxylation is 2. The van der Waals surface area contributed by atoms with E-state index in [0.29, 0.717) is 30.6 Å². The van der Waals surface area contributed by atoms with Gasteiger partial charge in [0, 0.05) is 25.2 Å². The summed E-state index contributed by atoms with van der Waals surface area (Å²) in [6.07, 6.45) is 1.05. The number of carbonyl (C=O) groups excluding carboxylic acids is 1. The van der Waals surface area contributed by atoms with Crippen LogP contribution in [-0.4, -0.2) is 43.8 Å². The van der Waals surface area contributed by atoms with Crippen molar-refractivity contribution in [3.63, 3.8) is 0 Å². The minimum absolute atomic E-state index is 0.0270. The van der Waals surface area contributed by atoms with Crippen LogP contribution in [0, 0.1) is 29.9 Å². The first kappa shape index (κ1) is 22.7. The Kier molecular flexibility index (Phi) is 6.61. The SMILES string of the molecule is COc1ccc(C)cc1S(=O)(=O)N1CCC[C@H](C(=O)Nc2cc([N+](=O)[O-])ccc2C)C1. The minimum atomic E-state index is -3.85. The first-order chi connectivity index (χ1) is 14.6. The summed E-state index contributed by atoms with van der Waals surface area (Å²) in [4.78, 5) is 23.4. The fourth-order valence-electron chi connectivity index (χ4n) is 3.59. The lowest BCUT2D eigenvalue weighted by molar-refractivity contribution is -0.384. The highest BCUT2D eigenvalue weighted by molar-refractivity contribution is 7.89. The van der Waals surface area contributed by atoms with Gasteiger partial charge in [0.25, 0.3) is 5.69 Å². The molecule has 3 rings (SSSR count). The molecule has 1 atom stereocenters. The van der Waals surface area contributed by atoms with Crippen LogP contribution in [0.4, 0.5) is 11.4 Å². The van der Waals surface area contributed by atoms with E-state index in [-0.39, 0.29) is 28.8 Å². The van der Waals surface area contributed by atoms with E-state index in [1.807, 2.05) is 0 Å². The second-order valence-electron chi connectivity index (χ2n) is 7.60. The maximum Gasteiger partial charge on any atom is 0.271 e. The van der Waals surface area contributed by atoms with Crippen molar-refractivity contribution in [3.05, 3.63) is 57.6 Å². The number of nitro benzene ring substituents is 1. The third-order valence-electron chi connectivity index (χ3n) is 5.38. The van der Waals surface area contributed by atoms with Gasteiger partial charge in [0.15, 0.2) is 0 Å². The maximum absolute atomic E-state index is 13.3. The quantitative estimate of drug-likeness (QED) is 0.536. The average Bonchev–Trinajstić information content (AvgIpc) is 2.75. The molecule has 1 heterocycles. The number of hydrogen-bond donors (Lipinski definition) is 1. The average molecular weight is 448 g/mol. The Labute approximate surface area is 181 Å². The minimum Gasteiger partial charge on any atom is -0.495 e. The normalized spacial score (nSPS) is 17.2. The summed E-state index contributed by atoms with van der Waals surface area (Å²) in [5, 5.41) is 13.8. The Bertz CT molecular complexity index is 1120. The molecule has 0 aromatic heterocycles. The zero-order chi connectivity index (χ0) is 22.8. The molecule has 1 fully saturated rings. The molecular weight excluding hydrogens is 422 g/mol. The lowest BCUT2D eigenvalue weighted by Gasteiger charge is -2.31. The molecule has 1 saturated heterocycles. The molecular formula is C21H25N3O6S. The number of methoxy groups -OCH3 is 1. The molecule has 9 nitrogen and oxygen atoms in total. The van der Waals surface area contributed by atoms with Gasteiger partial charge in [0.2, 0.25) is 15.9 Å². The Hall–Kier alpha value is -2.98. The van der Waals surface area contributed by atoms with E-state index < -0.39 is 20.9 Å². The van der Waals surface area contributed by atoms with E-state index in [4.69, 9.17) is 4.74 Å². The van der Waals surface area contributed by atoms with Gasteiger partial charge >= 0.3 is 0 Å². The fourth-order valence-corrected chi connectivity index (χ4v) is 5.36. The van der Waals surface area contributed by atoms with Crippen LogP contribution in [0.3, 0.4) is 0 Å². The third-order valence-corrected chi connectivity index (χ3v) is 7.27. The molecule has 0 radical (unpaired) electrons. The summed E-state index contributed by atoms with van der Waals surface area (Å²) in [5.74, 6) is -0.679. The summed E-state index contributed by atoms with van der Waals surface area (Å²) in [7, 11) is -2.44. The summed E-state index contributed by atoms with van der Waals surface area (Å²) >= 11 is 0. The second-order valence-corrected chi connectivity index (χ2v) is 9.51. The van der Waals surface area contributed by atoms with Crippen molar-refractivity contribution in [2.75, 3.05) is 25.5 Å². The van der Waals surface area contributed by atoms with Gasteiger partial charge in [-0.05, 0) is 49.9 Å². The van der Waals surface area contributed by atoms with Crippen LogP contribution in [0.25, 0.3) is 0 Å². The lowest BCUT2D eigenvalue weighted by Crippen LogP contribution is -2.43. The third kappa shape index (κ3) is 4.86. The number of sulfonamides is 1. The number of hydrogen-bond acceptors (Lipinski definition) is 6. The van der Waals surface area contributed by atoms with Crippen molar-refractivity contribution in [2.45, 2.75) is 31.6 Å². The second kappa shape index (κ2) is 9.03. The van der Waals surface area contributed by atoms with Crippen molar-refractivity contribution in [2.24, 2.45) is 5.92 Å². The molecule has 1 amide bonds. The van der Waals surface area contributed by atoms with Crippen molar-refractivity contribution in [1.29, 1.82) is 0 Å². The standard InChI is InChI=1S/C21H25N3O6S/c1-14-6-9-19(30-3)20(11-14)31(28,29)23-10-4-5-16(13-23)21(25)22-18-12-17(24(26)27)8-7-15(18)2/h6-9,11-12,16H,4-5,10,13H2,1-3H3,(H,22,25)/t16-/m0/s1. The Morgan fingerprint density at radius 1 is 1.23 bits per heavy atom. The highest BCUT2D eigenvalue weighted by Crippen LogP contribution is 2.31. The van der Waals surface area contributed by atoms with Gasteiger partial charge in [-0.1, -0.05) is 12.1 Å². The van der Waals surface area contributed by atoms with Crippen LogP contribution in [0.2, 0.25) is 0 Å². The Morgan fingerprint density at radius 3 is 2.65 bits per heavy atom. The number of carbonyl (C=O) groups is 1. The monoisotopic (exact) mass is 447 g/mol. The van der Waals surface area contributed by atoms with E-state index in [1.54, 1.807) is 38.1 Å². The number of piperidine rings is 1. The van der Waals surface area contributed by atoms with E-state index in [0.717, 1.165) is 5.56 Å². The van der Waals surface area contributed by atoms with Gasteiger partial charge in [-0.2, -0.15) is 4.31 Å². The van der Waals surface area contributed by atoms with Crippen LogP contribution in [0.5, 0.6) is 5.75 Å². The molecule has 0 spiro atoms. The van der Waals surface area contributed by atoms with Crippen LogP contribution < -0.4 is 10.1 Å². The zero-order valence-corrected chi connectivity index (χ0v) is 18.4. The highest BCUT2D eigenvalue weighted by Gasteiger charge is 2.35. The van der Waals surface area contributed by atoms with Crippen LogP contribution in [0.15, 0.2) is 41.3 Å². The first-order valence-electron chi connectivity index (χ1n) is 9.84. The van der Waals surface area contributed by atoms with E-state index in [9.17, 15) is 23.3 Å². The lowest BCUT2D eigenvalue weighted by atomic mass is 9.98. The Balaban J connectivity index is 1.81. The molecule has 1 N–H and O–H groups in total. The number of amides is 1. The molecule has 1 aliphatic heterocycles. The van der Waals surface area contributed by atoms with E-state index >= 15 is 0 Å². The Morgan fingerprint density at radius 2 is 1.97 bits per heavy atom. The van der Waals surface area contributed by atoms with Gasteiger partial charge in [0.1, 0.15) is 10.6 Å². The maximum atomic E-state index is 13.3. The highest BCUT2D eigenvalue weighted by atomic mass is 32.2. The summed E-state index contributed by atoms with van der Waals surface area (Å²) in [5.41, 5.74) is 1.69. The van der Waals surface area contributed by atoms with Crippen molar-refractivity contribution in [1.82, 2.24) is 4.31 Å². The molecule has 166 valence electrons. The summed E-state index contributed by atoms with van der Waals surface area (Å²) < 4.78 is 33.1. The number of rotatable bonds is 6. The number of ether oxygens (including phenoxy) is 1. The van der Waals surface area contributed by atoms with Crippen LogP contribution in [-0.2, 0) is 14.8 Å². The van der Waals surface area contributed by atoms with Crippen molar-refractivity contribution >= 4 is 27.3 Å². The summed E-state index contributed by atoms with van der Waals surface area (Å²) in [6, 6.07) is 9.18. The van der Waals surface area contributed by atoms with Crippen LogP contribution >= 0.6 is 0 Å². The number of benzene rings is 2. The molecule has 0 aliphatic carbocycles. The number of non-ortho nitro benzene ring substituents is 1. The summed E-state index contributed by atoms with van der Waals surface area (Å²) in [6.45, 7) is 3.87. The molecule has 2 aromatic carbocycles. The van der Waals surface area contributed by atoms with Gasteiger partial charge in [-0.25, -0.2) is 8.42 Å². The van der Waals surface area contributed by atoms with Gasteiger partial charge < -0.3 is 10.1 Å². The molecule has 2 aromatic rings. The van der Waals surface area contributed by atoms with Crippen LogP contribution in [0.1, 0.15) is 24.0 Å². The zero-order valence-electron chi connectivity index (χ0n) is 17.6. The molecule has 31 heavy (non-hydrogen) atoms. The van der Waals surface area contributed by atoms with E-state index in [1.165, 1.54) is 23.5 Å². The largest absolute Gasteiger partial charge is 0.495 e. The predicted octanol–water partition coefficient (Wildman–Crippen LogP) is 3.26. The van der Waals surface area contributed by atoms with Gasteiger partial charge in [0.05, 0.1) is 23.6 Å². The number of anilines is 1. The van der Waals surface area contributed by atoms with E-state index in [2.05, 4.69) is 5.32 Å². The predicted molar refractivity (Wildman–Crippen MR) is 116 cm³/mol. The molecule has 1 aliphatic rings. The van der Waals surface area contributed by atoms with Crippen molar-refractivity contribution < 1.29 is 22.9 Å².